The Bertz CT molecular complexity index is 921. The largest absolute Gasteiger partial charge is 0.372 e. The minimum atomic E-state index is -3.62. The van der Waals surface area contributed by atoms with Gasteiger partial charge in [-0.2, -0.15) is 0 Å². The average Bonchev–Trinajstić information content (AvgIpc) is 2.73. The number of benzene rings is 2. The molecule has 0 aromatic heterocycles. The number of sulfonamides is 1. The maximum atomic E-state index is 12.7. The zero-order valence-corrected chi connectivity index (χ0v) is 19.4. The molecule has 2 aromatic carbocycles. The van der Waals surface area contributed by atoms with Crippen LogP contribution in [0.3, 0.4) is 0 Å². The summed E-state index contributed by atoms with van der Waals surface area (Å²) in [6.45, 7) is 10.1. The highest BCUT2D eigenvalue weighted by atomic mass is 32.2. The molecule has 30 heavy (non-hydrogen) atoms. The normalized spacial score (nSPS) is 12.3. The van der Waals surface area contributed by atoms with E-state index in [-0.39, 0.29) is 5.91 Å². The van der Waals surface area contributed by atoms with Gasteiger partial charge >= 0.3 is 0 Å². The topological polar surface area (TPSA) is 69.7 Å². The molecule has 0 saturated heterocycles. The lowest BCUT2D eigenvalue weighted by Gasteiger charge is -2.28. The fourth-order valence-corrected chi connectivity index (χ4v) is 4.61. The van der Waals surface area contributed by atoms with Crippen LogP contribution in [0, 0.1) is 0 Å². The number of hydrogen-bond acceptors (Lipinski definition) is 4. The number of anilines is 2. The molecule has 6 nitrogen and oxygen atoms in total. The van der Waals surface area contributed by atoms with Gasteiger partial charge in [-0.1, -0.05) is 31.2 Å². The van der Waals surface area contributed by atoms with E-state index in [1.165, 1.54) is 4.31 Å². The highest BCUT2D eigenvalue weighted by Crippen LogP contribution is 2.22. The van der Waals surface area contributed by atoms with Gasteiger partial charge in [0.25, 0.3) is 0 Å². The van der Waals surface area contributed by atoms with Gasteiger partial charge in [-0.3, -0.25) is 9.10 Å². The highest BCUT2D eigenvalue weighted by Gasteiger charge is 2.28. The standard InChI is InChI=1S/C23H33N3O3S/c1-6-19-9-15-22(16-10-19)26(30(5,28)29)18(4)23(27)24-17-20-11-13-21(14-12-20)25(7-2)8-3/h9-16,18H,6-8,17H2,1-5H3,(H,24,27). The van der Waals surface area contributed by atoms with E-state index in [2.05, 4.69) is 24.1 Å². The van der Waals surface area contributed by atoms with Gasteiger partial charge in [0, 0.05) is 25.3 Å². The highest BCUT2D eigenvalue weighted by molar-refractivity contribution is 7.92. The van der Waals surface area contributed by atoms with Crippen LogP contribution in [0.5, 0.6) is 0 Å². The zero-order valence-electron chi connectivity index (χ0n) is 18.6. The first-order chi connectivity index (χ1) is 14.2. The molecule has 0 bridgehead atoms. The Kier molecular flexibility index (Phi) is 8.29. The van der Waals surface area contributed by atoms with E-state index >= 15 is 0 Å². The Balaban J connectivity index is 2.10. The lowest BCUT2D eigenvalue weighted by Crippen LogP contribution is -2.47. The van der Waals surface area contributed by atoms with Gasteiger partial charge in [0.2, 0.25) is 15.9 Å². The molecule has 0 aliphatic heterocycles. The molecular weight excluding hydrogens is 398 g/mol. The Hall–Kier alpha value is -2.54. The maximum Gasteiger partial charge on any atom is 0.243 e. The van der Waals surface area contributed by atoms with Gasteiger partial charge in [0.15, 0.2) is 0 Å². The van der Waals surface area contributed by atoms with Crippen molar-refractivity contribution < 1.29 is 13.2 Å². The summed E-state index contributed by atoms with van der Waals surface area (Å²) in [6, 6.07) is 14.4. The molecule has 7 heteroatoms. The molecular formula is C23H33N3O3S. The number of carbonyl (C=O) groups is 1. The van der Waals surface area contributed by atoms with Crippen molar-refractivity contribution in [1.29, 1.82) is 0 Å². The number of rotatable bonds is 10. The molecule has 0 heterocycles. The molecule has 1 N–H and O–H groups in total. The van der Waals surface area contributed by atoms with Crippen LogP contribution in [0.1, 0.15) is 38.8 Å². The molecule has 0 aliphatic carbocycles. The average molecular weight is 432 g/mol. The second-order valence-electron chi connectivity index (χ2n) is 7.31. The van der Waals surface area contributed by atoms with Crippen molar-refractivity contribution in [3.05, 3.63) is 59.7 Å². The number of carbonyl (C=O) groups excluding carboxylic acids is 1. The van der Waals surface area contributed by atoms with Crippen LogP contribution in [0.25, 0.3) is 0 Å². The Morgan fingerprint density at radius 1 is 0.900 bits per heavy atom. The molecule has 1 amide bonds. The Morgan fingerprint density at radius 2 is 1.40 bits per heavy atom. The lowest BCUT2D eigenvalue weighted by molar-refractivity contribution is -0.122. The fraction of sp³-hybridized carbons (Fsp3) is 0.435. The molecule has 2 aromatic rings. The van der Waals surface area contributed by atoms with Crippen molar-refractivity contribution in [2.45, 2.75) is 46.7 Å². The monoisotopic (exact) mass is 431 g/mol. The molecule has 0 spiro atoms. The second-order valence-corrected chi connectivity index (χ2v) is 9.17. The maximum absolute atomic E-state index is 12.7. The summed E-state index contributed by atoms with van der Waals surface area (Å²) >= 11 is 0. The van der Waals surface area contributed by atoms with Crippen LogP contribution in [0.2, 0.25) is 0 Å². The fourth-order valence-electron chi connectivity index (χ4n) is 3.44. The Morgan fingerprint density at radius 3 is 1.87 bits per heavy atom. The van der Waals surface area contributed by atoms with Crippen LogP contribution in [-0.2, 0) is 27.8 Å². The van der Waals surface area contributed by atoms with E-state index < -0.39 is 16.1 Å². The number of hydrogen-bond donors (Lipinski definition) is 1. The van der Waals surface area contributed by atoms with Crippen LogP contribution in [0.4, 0.5) is 11.4 Å². The molecule has 164 valence electrons. The third kappa shape index (κ3) is 5.98. The Labute approximate surface area is 180 Å². The minimum Gasteiger partial charge on any atom is -0.372 e. The lowest BCUT2D eigenvalue weighted by atomic mass is 10.1. The predicted octanol–water partition coefficient (Wildman–Crippen LogP) is 3.57. The van der Waals surface area contributed by atoms with Crippen LogP contribution < -0.4 is 14.5 Å². The molecule has 0 aliphatic rings. The SMILES string of the molecule is CCc1ccc(N(C(C)C(=O)NCc2ccc(N(CC)CC)cc2)S(C)(=O)=O)cc1. The summed E-state index contributed by atoms with van der Waals surface area (Å²) in [5.41, 5.74) is 3.70. The van der Waals surface area contributed by atoms with Gasteiger partial charge in [-0.25, -0.2) is 8.42 Å². The van der Waals surface area contributed by atoms with E-state index in [1.807, 2.05) is 43.3 Å². The smallest absolute Gasteiger partial charge is 0.243 e. The summed E-state index contributed by atoms with van der Waals surface area (Å²) in [5.74, 6) is -0.340. The van der Waals surface area contributed by atoms with Crippen molar-refractivity contribution in [2.24, 2.45) is 0 Å². The van der Waals surface area contributed by atoms with Crippen LogP contribution in [0.15, 0.2) is 48.5 Å². The van der Waals surface area contributed by atoms with E-state index in [0.29, 0.717) is 12.2 Å². The number of nitrogens with one attached hydrogen (secondary N) is 1. The molecule has 1 atom stereocenters. The molecule has 1 unspecified atom stereocenters. The van der Waals surface area contributed by atoms with E-state index in [1.54, 1.807) is 19.1 Å². The molecule has 2 rings (SSSR count). The van der Waals surface area contributed by atoms with E-state index in [0.717, 1.165) is 42.6 Å². The summed E-state index contributed by atoms with van der Waals surface area (Å²) in [7, 11) is -3.62. The minimum absolute atomic E-state index is 0.340. The predicted molar refractivity (Wildman–Crippen MR) is 124 cm³/mol. The van der Waals surface area contributed by atoms with Crippen molar-refractivity contribution >= 4 is 27.3 Å². The summed E-state index contributed by atoms with van der Waals surface area (Å²) in [4.78, 5) is 15.0. The number of aryl methyl sites for hydroxylation is 1. The van der Waals surface area contributed by atoms with Crippen molar-refractivity contribution in [2.75, 3.05) is 28.6 Å². The molecule has 0 fully saturated rings. The first-order valence-electron chi connectivity index (χ1n) is 10.4. The van der Waals surface area contributed by atoms with Gasteiger partial charge < -0.3 is 10.2 Å². The van der Waals surface area contributed by atoms with Crippen molar-refractivity contribution in [1.82, 2.24) is 5.32 Å². The summed E-state index contributed by atoms with van der Waals surface area (Å²) in [6.07, 6.45) is 1.98. The molecule has 0 saturated carbocycles. The van der Waals surface area contributed by atoms with E-state index in [9.17, 15) is 13.2 Å². The summed E-state index contributed by atoms with van der Waals surface area (Å²) < 4.78 is 26.0. The van der Waals surface area contributed by atoms with Gasteiger partial charge in [0.1, 0.15) is 6.04 Å². The third-order valence-corrected chi connectivity index (χ3v) is 6.46. The van der Waals surface area contributed by atoms with Gasteiger partial charge in [0.05, 0.1) is 11.9 Å². The first kappa shape index (κ1) is 23.7. The second kappa shape index (κ2) is 10.5. The third-order valence-electron chi connectivity index (χ3n) is 5.22. The van der Waals surface area contributed by atoms with Crippen molar-refractivity contribution in [3.8, 4) is 0 Å². The summed E-state index contributed by atoms with van der Waals surface area (Å²) in [5, 5.41) is 2.86. The molecule has 0 radical (unpaired) electrons. The number of nitrogens with zero attached hydrogens (tertiary/aromatic N) is 2. The van der Waals surface area contributed by atoms with Gasteiger partial charge in [-0.05, 0) is 62.6 Å². The van der Waals surface area contributed by atoms with Gasteiger partial charge in [-0.15, -0.1) is 0 Å². The van der Waals surface area contributed by atoms with Crippen LogP contribution in [-0.4, -0.2) is 39.7 Å². The zero-order chi connectivity index (χ0) is 22.3. The van der Waals surface area contributed by atoms with Crippen molar-refractivity contribution in [3.63, 3.8) is 0 Å². The quantitative estimate of drug-likeness (QED) is 0.624. The first-order valence-corrected chi connectivity index (χ1v) is 12.3. The van der Waals surface area contributed by atoms with Crippen LogP contribution >= 0.6 is 0 Å². The van der Waals surface area contributed by atoms with E-state index in [4.69, 9.17) is 0 Å². The number of amides is 1.